The lowest BCUT2D eigenvalue weighted by molar-refractivity contribution is 0.0230. The number of hydrogen-bond donors (Lipinski definition) is 1. The van der Waals surface area contributed by atoms with Gasteiger partial charge in [0.25, 0.3) is 0 Å². The van der Waals surface area contributed by atoms with E-state index in [2.05, 4.69) is 12.2 Å². The van der Waals surface area contributed by atoms with Gasteiger partial charge in [0.2, 0.25) is 0 Å². The molecule has 0 aliphatic carbocycles. The lowest BCUT2D eigenvalue weighted by Gasteiger charge is -2.34. The molecule has 0 saturated carbocycles. The van der Waals surface area contributed by atoms with Gasteiger partial charge in [-0.05, 0) is 43.4 Å². The molecule has 0 radical (unpaired) electrons. The Morgan fingerprint density at radius 3 is 2.68 bits per heavy atom. The van der Waals surface area contributed by atoms with Crippen LogP contribution in [0.15, 0.2) is 18.2 Å². The molecule has 0 aromatic heterocycles. The number of nitrogens with one attached hydrogen (secondary N) is 1. The molecule has 1 atom stereocenters. The van der Waals surface area contributed by atoms with Crippen LogP contribution in [-0.2, 0) is 4.74 Å². The van der Waals surface area contributed by atoms with Crippen molar-refractivity contribution >= 4 is 0 Å². The molecule has 0 amide bonds. The molecule has 4 heteroatoms. The van der Waals surface area contributed by atoms with Crippen LogP contribution in [-0.4, -0.2) is 19.8 Å². The number of benzene rings is 1. The largest absolute Gasteiger partial charge is 0.381 e. The van der Waals surface area contributed by atoms with E-state index in [-0.39, 0.29) is 17.3 Å². The van der Waals surface area contributed by atoms with Gasteiger partial charge in [-0.1, -0.05) is 6.92 Å². The summed E-state index contributed by atoms with van der Waals surface area (Å²) >= 11 is 0. The van der Waals surface area contributed by atoms with Crippen LogP contribution in [0.3, 0.4) is 0 Å². The van der Waals surface area contributed by atoms with Crippen LogP contribution < -0.4 is 5.32 Å². The summed E-state index contributed by atoms with van der Waals surface area (Å²) in [5.41, 5.74) is 0.562. The van der Waals surface area contributed by atoms with Crippen LogP contribution >= 0.6 is 0 Å². The molecule has 1 N–H and O–H groups in total. The van der Waals surface area contributed by atoms with E-state index in [1.807, 2.05) is 6.92 Å². The molecular weight excluding hydrogens is 248 g/mol. The topological polar surface area (TPSA) is 21.3 Å². The number of rotatable bonds is 4. The molecular formula is C15H21F2NO. The Morgan fingerprint density at radius 2 is 2.00 bits per heavy atom. The van der Waals surface area contributed by atoms with Crippen molar-refractivity contribution < 1.29 is 13.5 Å². The Morgan fingerprint density at radius 1 is 1.32 bits per heavy atom. The van der Waals surface area contributed by atoms with Gasteiger partial charge < -0.3 is 10.1 Å². The lowest BCUT2D eigenvalue weighted by Crippen LogP contribution is -2.38. The predicted molar refractivity (Wildman–Crippen MR) is 70.9 cm³/mol. The third kappa shape index (κ3) is 3.74. The maximum atomic E-state index is 13.7. The van der Waals surface area contributed by atoms with Crippen molar-refractivity contribution in [1.82, 2.24) is 5.32 Å². The first kappa shape index (κ1) is 14.4. The van der Waals surface area contributed by atoms with Gasteiger partial charge in [0.1, 0.15) is 11.6 Å². The van der Waals surface area contributed by atoms with E-state index in [0.717, 1.165) is 38.7 Å². The summed E-state index contributed by atoms with van der Waals surface area (Å²) in [7, 11) is 0. The van der Waals surface area contributed by atoms with Crippen LogP contribution in [0.1, 0.15) is 38.3 Å². The minimum atomic E-state index is -0.401. The van der Waals surface area contributed by atoms with Gasteiger partial charge in [0.05, 0.1) is 0 Å². The smallest absolute Gasteiger partial charge is 0.128 e. The summed E-state index contributed by atoms with van der Waals surface area (Å²) in [6.07, 6.45) is 2.00. The Kier molecular flexibility index (Phi) is 4.53. The second kappa shape index (κ2) is 5.97. The molecule has 1 fully saturated rings. The van der Waals surface area contributed by atoms with Crippen LogP contribution in [0.25, 0.3) is 0 Å². The van der Waals surface area contributed by atoms with Gasteiger partial charge in [0.15, 0.2) is 0 Å². The van der Waals surface area contributed by atoms with E-state index in [9.17, 15) is 8.78 Å². The Bertz CT molecular complexity index is 430. The fourth-order valence-corrected chi connectivity index (χ4v) is 2.40. The molecule has 1 unspecified atom stereocenters. The standard InChI is InChI=1S/C15H21F2NO/c1-11(13-9-12(16)3-4-14(13)17)18-10-15(2)5-7-19-8-6-15/h3-4,9,11,18H,5-8,10H2,1-2H3. The fourth-order valence-electron chi connectivity index (χ4n) is 2.40. The highest BCUT2D eigenvalue weighted by atomic mass is 19.1. The van der Waals surface area contributed by atoms with Crippen molar-refractivity contribution in [1.29, 1.82) is 0 Å². The van der Waals surface area contributed by atoms with E-state index in [4.69, 9.17) is 4.74 Å². The Balaban J connectivity index is 1.97. The highest BCUT2D eigenvalue weighted by molar-refractivity contribution is 5.21. The van der Waals surface area contributed by atoms with Crippen molar-refractivity contribution in [3.05, 3.63) is 35.4 Å². The quantitative estimate of drug-likeness (QED) is 0.904. The average molecular weight is 269 g/mol. The van der Waals surface area contributed by atoms with Crippen LogP contribution in [0.5, 0.6) is 0 Å². The van der Waals surface area contributed by atoms with Crippen molar-refractivity contribution in [2.75, 3.05) is 19.8 Å². The molecule has 0 spiro atoms. The molecule has 1 saturated heterocycles. The zero-order valence-corrected chi connectivity index (χ0v) is 11.5. The van der Waals surface area contributed by atoms with Gasteiger partial charge in [-0.25, -0.2) is 8.78 Å². The zero-order valence-electron chi connectivity index (χ0n) is 11.5. The van der Waals surface area contributed by atoms with Crippen molar-refractivity contribution in [2.24, 2.45) is 5.41 Å². The summed E-state index contributed by atoms with van der Waals surface area (Å²) in [5.74, 6) is -0.763. The molecule has 1 aliphatic heterocycles. The number of hydrogen-bond acceptors (Lipinski definition) is 2. The van der Waals surface area contributed by atoms with Gasteiger partial charge in [-0.2, -0.15) is 0 Å². The van der Waals surface area contributed by atoms with Crippen molar-refractivity contribution in [2.45, 2.75) is 32.7 Å². The van der Waals surface area contributed by atoms with E-state index in [0.29, 0.717) is 5.56 Å². The first-order valence-corrected chi connectivity index (χ1v) is 6.76. The third-order valence-corrected chi connectivity index (χ3v) is 3.96. The molecule has 1 aliphatic rings. The molecule has 19 heavy (non-hydrogen) atoms. The highest BCUT2D eigenvalue weighted by Crippen LogP contribution is 2.30. The van der Waals surface area contributed by atoms with Gasteiger partial charge >= 0.3 is 0 Å². The van der Waals surface area contributed by atoms with Crippen LogP contribution in [0, 0.1) is 17.0 Å². The van der Waals surface area contributed by atoms with E-state index < -0.39 is 5.82 Å². The molecule has 0 bridgehead atoms. The lowest BCUT2D eigenvalue weighted by atomic mass is 9.82. The van der Waals surface area contributed by atoms with Gasteiger partial charge in [-0.3, -0.25) is 0 Å². The second-order valence-electron chi connectivity index (χ2n) is 5.69. The van der Waals surface area contributed by atoms with Crippen molar-refractivity contribution in [3.63, 3.8) is 0 Å². The predicted octanol–water partition coefficient (Wildman–Crippen LogP) is 3.43. The van der Waals surface area contributed by atoms with E-state index in [1.54, 1.807) is 0 Å². The summed E-state index contributed by atoms with van der Waals surface area (Å²) in [6.45, 7) is 6.41. The SMILES string of the molecule is CC(NCC1(C)CCOCC1)c1cc(F)ccc1F. The summed E-state index contributed by atoms with van der Waals surface area (Å²) in [5, 5.41) is 3.31. The van der Waals surface area contributed by atoms with Crippen molar-refractivity contribution in [3.8, 4) is 0 Å². The molecule has 106 valence electrons. The number of ether oxygens (including phenoxy) is 1. The van der Waals surface area contributed by atoms with Gasteiger partial charge in [0, 0.05) is 31.4 Å². The molecule has 1 aromatic rings. The summed E-state index contributed by atoms with van der Waals surface area (Å²) in [6, 6.07) is 3.39. The minimum absolute atomic E-state index is 0.177. The van der Waals surface area contributed by atoms with Crippen LogP contribution in [0.4, 0.5) is 8.78 Å². The molecule has 2 nitrogen and oxygen atoms in total. The van der Waals surface area contributed by atoms with Crippen LogP contribution in [0.2, 0.25) is 0 Å². The van der Waals surface area contributed by atoms with E-state index >= 15 is 0 Å². The second-order valence-corrected chi connectivity index (χ2v) is 5.69. The minimum Gasteiger partial charge on any atom is -0.381 e. The summed E-state index contributed by atoms with van der Waals surface area (Å²) in [4.78, 5) is 0. The summed E-state index contributed by atoms with van der Waals surface area (Å²) < 4.78 is 32.2. The Labute approximate surface area is 113 Å². The monoisotopic (exact) mass is 269 g/mol. The normalized spacial score (nSPS) is 20.2. The molecule has 1 aromatic carbocycles. The molecule has 2 rings (SSSR count). The van der Waals surface area contributed by atoms with E-state index in [1.165, 1.54) is 12.1 Å². The first-order valence-electron chi connectivity index (χ1n) is 6.76. The maximum Gasteiger partial charge on any atom is 0.128 e. The fraction of sp³-hybridized carbons (Fsp3) is 0.600. The molecule has 1 heterocycles. The maximum absolute atomic E-state index is 13.7. The Hall–Kier alpha value is -1.00. The van der Waals surface area contributed by atoms with Gasteiger partial charge in [-0.15, -0.1) is 0 Å². The average Bonchev–Trinajstić information content (AvgIpc) is 2.40. The number of halogens is 2. The first-order chi connectivity index (χ1) is 9.00. The highest BCUT2D eigenvalue weighted by Gasteiger charge is 2.27. The third-order valence-electron chi connectivity index (χ3n) is 3.96. The zero-order chi connectivity index (χ0) is 13.9.